The van der Waals surface area contributed by atoms with Crippen molar-refractivity contribution in [1.82, 2.24) is 20.4 Å². The van der Waals surface area contributed by atoms with Crippen molar-refractivity contribution in [3.05, 3.63) is 39.3 Å². The van der Waals surface area contributed by atoms with Crippen LogP contribution in [0.2, 0.25) is 5.02 Å². The lowest BCUT2D eigenvalue weighted by molar-refractivity contribution is -0.126. The van der Waals surface area contributed by atoms with Gasteiger partial charge in [-0.15, -0.1) is 10.2 Å². The molecule has 2 amide bonds. The summed E-state index contributed by atoms with van der Waals surface area (Å²) in [5.41, 5.74) is 0.581. The van der Waals surface area contributed by atoms with E-state index in [0.29, 0.717) is 28.3 Å². The van der Waals surface area contributed by atoms with Gasteiger partial charge in [0.25, 0.3) is 5.91 Å². The molecular weight excluding hydrogens is 450 g/mol. The number of halogens is 1. The van der Waals surface area contributed by atoms with Crippen LogP contribution in [0, 0.1) is 0 Å². The fraction of sp³-hybridized carbons (Fsp3) is 0.545. The molecule has 0 saturated carbocycles. The molecule has 1 fully saturated rings. The smallest absolute Gasteiger partial charge is 0.286 e. The third-order valence-electron chi connectivity index (χ3n) is 5.35. The van der Waals surface area contributed by atoms with E-state index in [1.807, 2.05) is 0 Å². The third-order valence-corrected chi connectivity index (χ3v) is 6.48. The molecule has 0 radical (unpaired) electrons. The van der Waals surface area contributed by atoms with Gasteiger partial charge in [-0.05, 0) is 57.5 Å². The summed E-state index contributed by atoms with van der Waals surface area (Å²) in [7, 11) is 0. The lowest BCUT2D eigenvalue weighted by atomic mass is 10.2. The van der Waals surface area contributed by atoms with E-state index in [1.54, 1.807) is 24.3 Å². The molecule has 1 atom stereocenters. The summed E-state index contributed by atoms with van der Waals surface area (Å²) in [6.07, 6.45) is 6.09. The first-order valence-electron chi connectivity index (χ1n) is 11.0. The summed E-state index contributed by atoms with van der Waals surface area (Å²) in [4.78, 5) is 26.8. The molecule has 174 valence electrons. The summed E-state index contributed by atoms with van der Waals surface area (Å²) in [6.45, 7) is 5.23. The van der Waals surface area contributed by atoms with Crippen molar-refractivity contribution in [2.45, 2.75) is 51.7 Å². The molecule has 1 aliphatic heterocycles. The van der Waals surface area contributed by atoms with Gasteiger partial charge in [0.05, 0.1) is 0 Å². The molecule has 2 heterocycles. The van der Waals surface area contributed by atoms with Crippen LogP contribution in [0.1, 0.15) is 53.8 Å². The first-order valence-corrected chi connectivity index (χ1v) is 12.2. The van der Waals surface area contributed by atoms with E-state index in [-0.39, 0.29) is 30.0 Å². The van der Waals surface area contributed by atoms with Crippen LogP contribution in [-0.2, 0) is 16.1 Å². The highest BCUT2D eigenvalue weighted by Gasteiger charge is 2.16. The monoisotopic (exact) mass is 479 g/mol. The van der Waals surface area contributed by atoms with Crippen LogP contribution in [0.4, 0.5) is 5.69 Å². The summed E-state index contributed by atoms with van der Waals surface area (Å²) in [5.74, 6) is -0.524. The highest BCUT2D eigenvalue weighted by molar-refractivity contribution is 7.13. The molecule has 10 heteroatoms. The van der Waals surface area contributed by atoms with Crippen molar-refractivity contribution < 1.29 is 14.3 Å². The molecular formula is C22H30ClN5O3S. The van der Waals surface area contributed by atoms with Crippen LogP contribution in [0.3, 0.4) is 0 Å². The van der Waals surface area contributed by atoms with Crippen LogP contribution in [0.15, 0.2) is 24.3 Å². The van der Waals surface area contributed by atoms with Gasteiger partial charge in [0.1, 0.15) is 18.2 Å². The van der Waals surface area contributed by atoms with Gasteiger partial charge in [-0.3, -0.25) is 9.59 Å². The number of aromatic nitrogens is 2. The van der Waals surface area contributed by atoms with E-state index in [2.05, 4.69) is 32.7 Å². The molecule has 8 nitrogen and oxygen atoms in total. The van der Waals surface area contributed by atoms with Crippen LogP contribution in [0.25, 0.3) is 0 Å². The first kappa shape index (κ1) is 24.6. The van der Waals surface area contributed by atoms with E-state index in [1.165, 1.54) is 25.7 Å². The molecule has 32 heavy (non-hydrogen) atoms. The van der Waals surface area contributed by atoms with Crippen LogP contribution >= 0.6 is 22.9 Å². The third kappa shape index (κ3) is 8.12. The number of rotatable bonds is 10. The average molecular weight is 480 g/mol. The maximum atomic E-state index is 12.3. The maximum absolute atomic E-state index is 12.3. The summed E-state index contributed by atoms with van der Waals surface area (Å²) in [6, 6.07) is 7.33. The highest BCUT2D eigenvalue weighted by atomic mass is 35.5. The molecule has 1 aromatic heterocycles. The Labute approximate surface area is 197 Å². The Morgan fingerprint density at radius 1 is 1.22 bits per heavy atom. The number of carbonyl (C=O) groups excluding carboxylic acids is 2. The molecule has 0 spiro atoms. The predicted molar refractivity (Wildman–Crippen MR) is 126 cm³/mol. The van der Waals surface area contributed by atoms with Gasteiger partial charge < -0.3 is 20.3 Å². The minimum Gasteiger partial charge on any atom is -0.364 e. The molecule has 0 aliphatic carbocycles. The van der Waals surface area contributed by atoms with E-state index < -0.39 is 0 Å². The Balaban J connectivity index is 1.32. The molecule has 2 aromatic rings. The summed E-state index contributed by atoms with van der Waals surface area (Å²) in [5, 5.41) is 14.8. The van der Waals surface area contributed by atoms with Crippen molar-refractivity contribution in [2.75, 3.05) is 31.6 Å². The lowest BCUT2D eigenvalue weighted by Gasteiger charge is -2.27. The zero-order chi connectivity index (χ0) is 22.8. The standard InChI is InChI=1S/C22H30ClN5O3S/c1-16(28-11-4-2-3-5-12-28)9-10-24-19(29)14-31-15-20-26-27-22(32-20)21(30)25-18-8-6-7-17(23)13-18/h6-8,13,16H,2-5,9-12,14-15H2,1H3,(H,24,29)(H,25,30). The molecule has 1 unspecified atom stereocenters. The molecule has 3 rings (SSSR count). The number of nitrogens with zero attached hydrogens (tertiary/aromatic N) is 3. The van der Waals surface area contributed by atoms with Gasteiger partial charge in [0.2, 0.25) is 10.9 Å². The number of benzene rings is 1. The molecule has 1 aliphatic rings. The van der Waals surface area contributed by atoms with Gasteiger partial charge in [-0.1, -0.05) is 41.8 Å². The predicted octanol–water partition coefficient (Wildman–Crippen LogP) is 3.73. The Kier molecular flexibility index (Phi) is 9.86. The normalized spacial score (nSPS) is 15.7. The van der Waals surface area contributed by atoms with E-state index >= 15 is 0 Å². The number of likely N-dealkylation sites (tertiary alicyclic amines) is 1. The zero-order valence-electron chi connectivity index (χ0n) is 18.3. The lowest BCUT2D eigenvalue weighted by Crippen LogP contribution is -2.37. The summed E-state index contributed by atoms with van der Waals surface area (Å²) < 4.78 is 5.44. The van der Waals surface area contributed by atoms with Gasteiger partial charge >= 0.3 is 0 Å². The Hall–Kier alpha value is -2.07. The zero-order valence-corrected chi connectivity index (χ0v) is 19.9. The Bertz CT molecular complexity index is 886. The highest BCUT2D eigenvalue weighted by Crippen LogP contribution is 2.18. The second-order valence-corrected chi connectivity index (χ2v) is 9.39. The minimum atomic E-state index is -0.368. The van der Waals surface area contributed by atoms with Gasteiger partial charge in [-0.2, -0.15) is 0 Å². The molecule has 1 saturated heterocycles. The Morgan fingerprint density at radius 3 is 2.75 bits per heavy atom. The van der Waals surface area contributed by atoms with Crippen molar-refractivity contribution >= 4 is 40.4 Å². The Morgan fingerprint density at radius 2 is 2.00 bits per heavy atom. The van der Waals surface area contributed by atoms with Crippen molar-refractivity contribution in [1.29, 1.82) is 0 Å². The number of amides is 2. The van der Waals surface area contributed by atoms with Gasteiger partial charge in [0.15, 0.2) is 0 Å². The minimum absolute atomic E-state index is 0.0538. The van der Waals surface area contributed by atoms with Gasteiger partial charge in [-0.25, -0.2) is 0 Å². The van der Waals surface area contributed by atoms with Gasteiger partial charge in [0, 0.05) is 23.3 Å². The second kappa shape index (κ2) is 12.8. The van der Waals surface area contributed by atoms with Crippen molar-refractivity contribution in [2.24, 2.45) is 0 Å². The largest absolute Gasteiger partial charge is 0.364 e. The van der Waals surface area contributed by atoms with Crippen LogP contribution in [0.5, 0.6) is 0 Å². The van der Waals surface area contributed by atoms with E-state index in [4.69, 9.17) is 16.3 Å². The molecule has 1 aromatic carbocycles. The van der Waals surface area contributed by atoms with Crippen LogP contribution < -0.4 is 10.6 Å². The van der Waals surface area contributed by atoms with E-state index in [9.17, 15) is 9.59 Å². The molecule has 2 N–H and O–H groups in total. The molecule has 0 bridgehead atoms. The number of ether oxygens (including phenoxy) is 1. The quantitative estimate of drug-likeness (QED) is 0.539. The van der Waals surface area contributed by atoms with Crippen molar-refractivity contribution in [3.63, 3.8) is 0 Å². The number of nitrogens with one attached hydrogen (secondary N) is 2. The fourth-order valence-electron chi connectivity index (χ4n) is 3.58. The number of anilines is 1. The number of carbonyl (C=O) groups is 2. The second-order valence-electron chi connectivity index (χ2n) is 7.90. The average Bonchev–Trinajstić information content (AvgIpc) is 3.07. The summed E-state index contributed by atoms with van der Waals surface area (Å²) >= 11 is 7.05. The van der Waals surface area contributed by atoms with E-state index in [0.717, 1.165) is 30.8 Å². The topological polar surface area (TPSA) is 96.5 Å². The van der Waals surface area contributed by atoms with Crippen molar-refractivity contribution in [3.8, 4) is 0 Å². The SMILES string of the molecule is CC(CCNC(=O)COCc1nnc(C(=O)Nc2cccc(Cl)c2)s1)N1CCCCCC1. The fourth-order valence-corrected chi connectivity index (χ4v) is 4.44. The number of hydrogen-bond donors (Lipinski definition) is 2. The number of hydrogen-bond acceptors (Lipinski definition) is 7. The first-order chi connectivity index (χ1) is 15.5. The maximum Gasteiger partial charge on any atom is 0.286 e. The van der Waals surface area contributed by atoms with Crippen LogP contribution in [-0.4, -0.2) is 59.2 Å².